The Bertz CT molecular complexity index is 837. The van der Waals surface area contributed by atoms with Crippen molar-refractivity contribution in [1.82, 2.24) is 4.98 Å². The van der Waals surface area contributed by atoms with Crippen LogP contribution in [0.4, 0.5) is 5.82 Å². The molecule has 0 bridgehead atoms. The van der Waals surface area contributed by atoms with Crippen molar-refractivity contribution in [3.63, 3.8) is 0 Å². The second-order valence-corrected chi connectivity index (χ2v) is 7.56. The van der Waals surface area contributed by atoms with Crippen molar-refractivity contribution in [3.8, 4) is 5.75 Å². The maximum Gasteiger partial charge on any atom is 0.161 e. The summed E-state index contributed by atoms with van der Waals surface area (Å²) in [5, 5.41) is 0. The minimum absolute atomic E-state index is 0.0850. The number of Topliss-reactive ketones (excluding diaryl/α,β-unsaturated/α-hetero) is 1. The molecule has 3 rings (SSSR count). The summed E-state index contributed by atoms with van der Waals surface area (Å²) in [6, 6.07) is 8.34. The Morgan fingerprint density at radius 1 is 1.15 bits per heavy atom. The molecule has 0 unspecified atom stereocenters. The van der Waals surface area contributed by atoms with E-state index in [4.69, 9.17) is 9.72 Å². The largest absolute Gasteiger partial charge is 0.490 e. The van der Waals surface area contributed by atoms with Crippen molar-refractivity contribution in [3.05, 3.63) is 52.2 Å². The highest BCUT2D eigenvalue weighted by Gasteiger charge is 2.24. The van der Waals surface area contributed by atoms with Crippen LogP contribution in [0.2, 0.25) is 0 Å². The van der Waals surface area contributed by atoms with E-state index in [0.29, 0.717) is 0 Å². The quantitative estimate of drug-likeness (QED) is 0.712. The van der Waals surface area contributed by atoms with Crippen LogP contribution in [0.25, 0.3) is 0 Å². The summed E-state index contributed by atoms with van der Waals surface area (Å²) in [5.74, 6) is 2.08. The molecule has 1 aliphatic heterocycles. The Kier molecular flexibility index (Phi) is 5.83. The maximum atomic E-state index is 11.8. The number of benzene rings is 1. The molecular formula is C23H30N2O2. The van der Waals surface area contributed by atoms with Crippen LogP contribution < -0.4 is 9.64 Å². The zero-order valence-electron chi connectivity index (χ0n) is 17.1. The lowest BCUT2D eigenvalue weighted by atomic mass is 10.0. The summed E-state index contributed by atoms with van der Waals surface area (Å²) in [6.45, 7) is 11.7. The van der Waals surface area contributed by atoms with Gasteiger partial charge in [-0.05, 0) is 69.0 Å². The normalized spacial score (nSPS) is 15.1. The predicted molar refractivity (Wildman–Crippen MR) is 110 cm³/mol. The highest BCUT2D eigenvalue weighted by molar-refractivity contribution is 5.95. The minimum Gasteiger partial charge on any atom is -0.490 e. The van der Waals surface area contributed by atoms with Crippen LogP contribution in [0.5, 0.6) is 5.75 Å². The monoisotopic (exact) mass is 366 g/mol. The van der Waals surface area contributed by atoms with Gasteiger partial charge in [-0.2, -0.15) is 0 Å². The molecule has 1 aromatic carbocycles. The Morgan fingerprint density at radius 2 is 1.85 bits per heavy atom. The lowest BCUT2D eigenvalue weighted by Gasteiger charge is -2.34. The van der Waals surface area contributed by atoms with Gasteiger partial charge in [-0.25, -0.2) is 4.98 Å². The average molecular weight is 367 g/mol. The summed E-state index contributed by atoms with van der Waals surface area (Å²) in [4.78, 5) is 18.9. The Morgan fingerprint density at radius 3 is 2.44 bits per heavy atom. The molecule has 0 amide bonds. The number of piperidine rings is 1. The van der Waals surface area contributed by atoms with E-state index in [2.05, 4.69) is 43.9 Å². The zero-order chi connectivity index (χ0) is 19.6. The average Bonchev–Trinajstić information content (AvgIpc) is 2.65. The molecule has 0 saturated carbocycles. The van der Waals surface area contributed by atoms with E-state index < -0.39 is 0 Å². The number of carbonyl (C=O) groups excluding carboxylic acids is 1. The molecule has 144 valence electrons. The number of aryl methyl sites for hydroxylation is 4. The summed E-state index contributed by atoms with van der Waals surface area (Å²) >= 11 is 0. The highest BCUT2D eigenvalue weighted by Crippen LogP contribution is 2.27. The topological polar surface area (TPSA) is 42.4 Å². The second kappa shape index (κ2) is 8.12. The molecule has 4 nitrogen and oxygen atoms in total. The van der Waals surface area contributed by atoms with E-state index in [-0.39, 0.29) is 11.9 Å². The molecule has 0 aliphatic carbocycles. The SMILES string of the molecule is CCc1cc(C(C)=O)c(C)nc1N1CCC(Oc2ccc(C)c(C)c2)CC1. The van der Waals surface area contributed by atoms with E-state index in [1.807, 2.05) is 13.0 Å². The number of carbonyl (C=O) groups is 1. The number of pyridine rings is 1. The van der Waals surface area contributed by atoms with Crippen LogP contribution in [-0.4, -0.2) is 30.0 Å². The number of nitrogens with zero attached hydrogens (tertiary/aromatic N) is 2. The van der Waals surface area contributed by atoms with Crippen molar-refractivity contribution < 1.29 is 9.53 Å². The molecule has 27 heavy (non-hydrogen) atoms. The number of hydrogen-bond acceptors (Lipinski definition) is 4. The van der Waals surface area contributed by atoms with Crippen LogP contribution >= 0.6 is 0 Å². The van der Waals surface area contributed by atoms with Crippen LogP contribution in [-0.2, 0) is 6.42 Å². The first-order valence-electron chi connectivity index (χ1n) is 9.89. The fourth-order valence-electron chi connectivity index (χ4n) is 3.69. The molecule has 1 aromatic heterocycles. The van der Waals surface area contributed by atoms with Gasteiger partial charge in [0.05, 0.1) is 5.69 Å². The van der Waals surface area contributed by atoms with Crippen molar-refractivity contribution in [1.29, 1.82) is 0 Å². The predicted octanol–water partition coefficient (Wildman–Crippen LogP) is 4.82. The van der Waals surface area contributed by atoms with Crippen molar-refractivity contribution in [2.75, 3.05) is 18.0 Å². The lowest BCUT2D eigenvalue weighted by Crippen LogP contribution is -2.39. The van der Waals surface area contributed by atoms with Gasteiger partial charge in [-0.3, -0.25) is 4.79 Å². The number of rotatable bonds is 5. The lowest BCUT2D eigenvalue weighted by molar-refractivity contribution is 0.101. The van der Waals surface area contributed by atoms with Crippen molar-refractivity contribution in [2.45, 2.75) is 60.0 Å². The summed E-state index contributed by atoms with van der Waals surface area (Å²) in [6.07, 6.45) is 3.07. The number of hydrogen-bond donors (Lipinski definition) is 0. The van der Waals surface area contributed by atoms with Gasteiger partial charge >= 0.3 is 0 Å². The first-order chi connectivity index (χ1) is 12.9. The minimum atomic E-state index is 0.0850. The Balaban J connectivity index is 1.69. The number of ether oxygens (including phenoxy) is 1. The number of anilines is 1. The molecule has 0 N–H and O–H groups in total. The van der Waals surface area contributed by atoms with Gasteiger partial charge in [0.1, 0.15) is 17.7 Å². The van der Waals surface area contributed by atoms with E-state index in [1.165, 1.54) is 11.1 Å². The molecule has 4 heteroatoms. The second-order valence-electron chi connectivity index (χ2n) is 7.56. The Labute approximate surface area is 162 Å². The summed E-state index contributed by atoms with van der Waals surface area (Å²) in [5.41, 5.74) is 5.27. The van der Waals surface area contributed by atoms with Gasteiger partial charge in [0, 0.05) is 31.5 Å². The van der Waals surface area contributed by atoms with Crippen molar-refractivity contribution >= 4 is 11.6 Å². The smallest absolute Gasteiger partial charge is 0.161 e. The van der Waals surface area contributed by atoms with E-state index in [1.54, 1.807) is 6.92 Å². The molecule has 1 saturated heterocycles. The highest BCUT2D eigenvalue weighted by atomic mass is 16.5. The van der Waals surface area contributed by atoms with E-state index >= 15 is 0 Å². The third-order valence-electron chi connectivity index (χ3n) is 5.55. The molecule has 1 fully saturated rings. The Hall–Kier alpha value is -2.36. The van der Waals surface area contributed by atoms with Gasteiger partial charge in [0.2, 0.25) is 0 Å². The first kappa shape index (κ1) is 19.4. The van der Waals surface area contributed by atoms with E-state index in [0.717, 1.165) is 60.7 Å². The summed E-state index contributed by atoms with van der Waals surface area (Å²) < 4.78 is 6.21. The van der Waals surface area contributed by atoms with Gasteiger partial charge in [-0.15, -0.1) is 0 Å². The van der Waals surface area contributed by atoms with Gasteiger partial charge in [0.15, 0.2) is 5.78 Å². The number of ketones is 1. The summed E-state index contributed by atoms with van der Waals surface area (Å²) in [7, 11) is 0. The van der Waals surface area contributed by atoms with E-state index in [9.17, 15) is 4.79 Å². The fourth-order valence-corrected chi connectivity index (χ4v) is 3.69. The van der Waals surface area contributed by atoms with Crippen LogP contribution in [0.3, 0.4) is 0 Å². The molecule has 0 spiro atoms. The fraction of sp³-hybridized carbons (Fsp3) is 0.478. The molecule has 0 atom stereocenters. The number of aromatic nitrogens is 1. The molecule has 1 aliphatic rings. The molecule has 0 radical (unpaired) electrons. The van der Waals surface area contributed by atoms with Gasteiger partial charge in [-0.1, -0.05) is 13.0 Å². The van der Waals surface area contributed by atoms with Crippen molar-refractivity contribution in [2.24, 2.45) is 0 Å². The van der Waals surface area contributed by atoms with Gasteiger partial charge in [0.25, 0.3) is 0 Å². The third kappa shape index (κ3) is 4.32. The molecular weight excluding hydrogens is 336 g/mol. The van der Waals surface area contributed by atoms with Gasteiger partial charge < -0.3 is 9.64 Å². The van der Waals surface area contributed by atoms with Crippen LogP contribution in [0, 0.1) is 20.8 Å². The standard InChI is InChI=1S/C23H30N2O2/c1-6-19-14-22(18(5)26)17(4)24-23(19)25-11-9-20(10-12-25)27-21-8-7-15(2)16(3)13-21/h7-8,13-14,20H,6,9-12H2,1-5H3. The maximum absolute atomic E-state index is 11.8. The first-order valence-corrected chi connectivity index (χ1v) is 9.89. The molecule has 2 aromatic rings. The molecule has 2 heterocycles. The third-order valence-corrected chi connectivity index (χ3v) is 5.55. The van der Waals surface area contributed by atoms with Crippen LogP contribution in [0.15, 0.2) is 24.3 Å². The van der Waals surface area contributed by atoms with Crippen LogP contribution in [0.1, 0.15) is 59.4 Å². The zero-order valence-corrected chi connectivity index (χ0v) is 17.1.